The van der Waals surface area contributed by atoms with Crippen LogP contribution in [0.5, 0.6) is 0 Å². The molecule has 1 atom stereocenters. The number of piperidine rings is 1. The summed E-state index contributed by atoms with van der Waals surface area (Å²) in [7, 11) is -1.41. The van der Waals surface area contributed by atoms with Gasteiger partial charge < -0.3 is 10.2 Å². The summed E-state index contributed by atoms with van der Waals surface area (Å²) < 4.78 is 27.2. The maximum absolute atomic E-state index is 12.8. The van der Waals surface area contributed by atoms with E-state index in [1.807, 2.05) is 7.05 Å². The largest absolute Gasteiger partial charge is 0.326 e. The molecule has 0 radical (unpaired) electrons. The van der Waals surface area contributed by atoms with E-state index in [0.717, 1.165) is 51.6 Å². The molecule has 1 N–H and O–H groups in total. The fraction of sp³-hybridized carbons (Fsp3) is 0.632. The van der Waals surface area contributed by atoms with E-state index in [0.29, 0.717) is 23.7 Å². The lowest BCUT2D eigenvalue weighted by Crippen LogP contribution is -2.38. The van der Waals surface area contributed by atoms with Crippen LogP contribution in [0.15, 0.2) is 29.2 Å². The van der Waals surface area contributed by atoms with Crippen molar-refractivity contribution in [1.82, 2.24) is 9.21 Å². The molecule has 1 amide bonds. The van der Waals surface area contributed by atoms with Gasteiger partial charge in [-0.15, -0.1) is 0 Å². The van der Waals surface area contributed by atoms with Crippen LogP contribution in [0.1, 0.15) is 38.5 Å². The van der Waals surface area contributed by atoms with Gasteiger partial charge in [0.25, 0.3) is 0 Å². The van der Waals surface area contributed by atoms with Gasteiger partial charge in [0.15, 0.2) is 0 Å². The topological polar surface area (TPSA) is 69.7 Å². The second kappa shape index (κ2) is 8.50. The van der Waals surface area contributed by atoms with Crippen molar-refractivity contribution in [3.63, 3.8) is 0 Å². The summed E-state index contributed by atoms with van der Waals surface area (Å²) >= 11 is 0. The fourth-order valence-electron chi connectivity index (χ4n) is 3.77. The minimum Gasteiger partial charge on any atom is -0.326 e. The number of sulfonamides is 1. The summed E-state index contributed by atoms with van der Waals surface area (Å²) in [6.07, 6.45) is 5.95. The zero-order valence-corrected chi connectivity index (χ0v) is 16.3. The van der Waals surface area contributed by atoms with E-state index in [4.69, 9.17) is 0 Å². The van der Waals surface area contributed by atoms with Gasteiger partial charge in [0.05, 0.1) is 10.8 Å². The molecule has 2 aliphatic heterocycles. The van der Waals surface area contributed by atoms with Crippen molar-refractivity contribution >= 4 is 21.6 Å². The molecule has 2 heterocycles. The lowest BCUT2D eigenvalue weighted by Gasteiger charge is -2.28. The molecule has 0 aliphatic carbocycles. The van der Waals surface area contributed by atoms with Crippen LogP contribution in [0.25, 0.3) is 0 Å². The predicted molar refractivity (Wildman–Crippen MR) is 103 cm³/mol. The third kappa shape index (κ3) is 4.64. The molecule has 144 valence electrons. The number of nitrogens with zero attached hydrogens (tertiary/aromatic N) is 2. The number of carbonyl (C=O) groups is 1. The number of rotatable bonds is 4. The van der Waals surface area contributed by atoms with Crippen molar-refractivity contribution in [2.45, 2.75) is 43.4 Å². The van der Waals surface area contributed by atoms with Gasteiger partial charge in [0.2, 0.25) is 15.9 Å². The smallest absolute Gasteiger partial charge is 0.243 e. The number of likely N-dealkylation sites (tertiary alicyclic amines) is 1. The number of amides is 1. The highest BCUT2D eigenvalue weighted by atomic mass is 32.2. The van der Waals surface area contributed by atoms with Crippen molar-refractivity contribution < 1.29 is 13.2 Å². The Hall–Kier alpha value is -1.44. The van der Waals surface area contributed by atoms with Gasteiger partial charge in [-0.1, -0.05) is 12.8 Å². The van der Waals surface area contributed by atoms with E-state index in [1.54, 1.807) is 28.6 Å². The average Bonchev–Trinajstić information content (AvgIpc) is 2.92. The van der Waals surface area contributed by atoms with Crippen molar-refractivity contribution in [3.8, 4) is 0 Å². The highest BCUT2D eigenvalue weighted by Gasteiger charge is 2.26. The third-order valence-corrected chi connectivity index (χ3v) is 7.23. The van der Waals surface area contributed by atoms with Gasteiger partial charge in [-0.2, -0.15) is 4.31 Å². The van der Waals surface area contributed by atoms with E-state index in [-0.39, 0.29) is 11.8 Å². The van der Waals surface area contributed by atoms with Crippen LogP contribution >= 0.6 is 0 Å². The lowest BCUT2D eigenvalue weighted by atomic mass is 9.97. The Labute approximate surface area is 156 Å². The Bertz CT molecular complexity index is 710. The second-order valence-electron chi connectivity index (χ2n) is 7.43. The van der Waals surface area contributed by atoms with Crippen molar-refractivity contribution in [2.75, 3.05) is 38.5 Å². The molecular weight excluding hydrogens is 350 g/mol. The monoisotopic (exact) mass is 379 g/mol. The Balaban J connectivity index is 1.65. The molecule has 7 heteroatoms. The molecule has 0 spiro atoms. The lowest BCUT2D eigenvalue weighted by molar-refractivity contribution is -0.121. The van der Waals surface area contributed by atoms with Crippen LogP contribution in [0.4, 0.5) is 5.69 Å². The Morgan fingerprint density at radius 1 is 1.00 bits per heavy atom. The summed E-state index contributed by atoms with van der Waals surface area (Å²) in [5.41, 5.74) is 0.651. The van der Waals surface area contributed by atoms with Crippen LogP contribution in [0.2, 0.25) is 0 Å². The normalized spacial score (nSPS) is 23.3. The Kier molecular flexibility index (Phi) is 6.32. The predicted octanol–water partition coefficient (Wildman–Crippen LogP) is 2.53. The number of anilines is 1. The van der Waals surface area contributed by atoms with Gasteiger partial charge in [0, 0.05) is 25.3 Å². The third-order valence-electron chi connectivity index (χ3n) is 5.32. The van der Waals surface area contributed by atoms with Gasteiger partial charge >= 0.3 is 0 Å². The molecule has 26 heavy (non-hydrogen) atoms. The molecule has 0 unspecified atom stereocenters. The SMILES string of the molecule is CN1CCC[C@H](C(=O)Nc2ccc(S(=O)(=O)N3CCCCCC3)cc2)C1. The molecule has 2 saturated heterocycles. The minimum absolute atomic E-state index is 0.00532. The fourth-order valence-corrected chi connectivity index (χ4v) is 5.28. The highest BCUT2D eigenvalue weighted by molar-refractivity contribution is 7.89. The van der Waals surface area contributed by atoms with E-state index >= 15 is 0 Å². The van der Waals surface area contributed by atoms with Crippen LogP contribution in [0, 0.1) is 5.92 Å². The number of carbonyl (C=O) groups excluding carboxylic acids is 1. The zero-order chi connectivity index (χ0) is 18.6. The van der Waals surface area contributed by atoms with Gasteiger partial charge in [-0.05, 0) is 63.5 Å². The minimum atomic E-state index is -3.44. The number of benzene rings is 1. The van der Waals surface area contributed by atoms with Crippen LogP contribution in [-0.2, 0) is 14.8 Å². The number of nitrogens with one attached hydrogen (secondary N) is 1. The Morgan fingerprint density at radius 3 is 2.27 bits per heavy atom. The molecule has 0 bridgehead atoms. The van der Waals surface area contributed by atoms with Crippen molar-refractivity contribution in [2.24, 2.45) is 5.92 Å². The molecule has 2 aliphatic rings. The van der Waals surface area contributed by atoms with Crippen molar-refractivity contribution in [3.05, 3.63) is 24.3 Å². The highest BCUT2D eigenvalue weighted by Crippen LogP contribution is 2.23. The standard InChI is InChI=1S/C19H29N3O3S/c1-21-12-6-7-16(15-21)19(23)20-17-8-10-18(11-9-17)26(24,25)22-13-4-2-3-5-14-22/h8-11,16H,2-7,12-15H2,1H3,(H,20,23)/t16-/m0/s1. The number of hydrogen-bond donors (Lipinski definition) is 1. The quantitative estimate of drug-likeness (QED) is 0.873. The summed E-state index contributed by atoms with van der Waals surface area (Å²) in [5.74, 6) is 0.00827. The van der Waals surface area contributed by atoms with Crippen molar-refractivity contribution in [1.29, 1.82) is 0 Å². The van der Waals surface area contributed by atoms with Crippen LogP contribution in [-0.4, -0.2) is 56.8 Å². The first-order valence-electron chi connectivity index (χ1n) is 9.56. The summed E-state index contributed by atoms with van der Waals surface area (Å²) in [6, 6.07) is 6.58. The summed E-state index contributed by atoms with van der Waals surface area (Å²) in [4.78, 5) is 14.9. The second-order valence-corrected chi connectivity index (χ2v) is 9.37. The molecule has 0 aromatic heterocycles. The van der Waals surface area contributed by atoms with Gasteiger partial charge in [-0.3, -0.25) is 4.79 Å². The first kappa shape index (κ1) is 19.3. The average molecular weight is 380 g/mol. The Morgan fingerprint density at radius 2 is 1.65 bits per heavy atom. The van der Waals surface area contributed by atoms with Crippen LogP contribution in [0.3, 0.4) is 0 Å². The molecule has 1 aromatic rings. The van der Waals surface area contributed by atoms with E-state index in [1.165, 1.54) is 0 Å². The maximum Gasteiger partial charge on any atom is 0.243 e. The molecular formula is C19H29N3O3S. The summed E-state index contributed by atoms with van der Waals surface area (Å²) in [6.45, 7) is 2.99. The summed E-state index contributed by atoms with van der Waals surface area (Å²) in [5, 5.41) is 2.93. The van der Waals surface area contributed by atoms with Gasteiger partial charge in [0.1, 0.15) is 0 Å². The van der Waals surface area contributed by atoms with Gasteiger partial charge in [-0.25, -0.2) is 8.42 Å². The first-order valence-corrected chi connectivity index (χ1v) is 11.0. The molecule has 3 rings (SSSR count). The molecule has 2 fully saturated rings. The van der Waals surface area contributed by atoms with E-state index in [2.05, 4.69) is 10.2 Å². The van der Waals surface area contributed by atoms with E-state index < -0.39 is 10.0 Å². The number of hydrogen-bond acceptors (Lipinski definition) is 4. The molecule has 6 nitrogen and oxygen atoms in total. The maximum atomic E-state index is 12.8. The molecule has 0 saturated carbocycles. The molecule has 1 aromatic carbocycles. The first-order chi connectivity index (χ1) is 12.5. The zero-order valence-electron chi connectivity index (χ0n) is 15.5. The van der Waals surface area contributed by atoms with Crippen LogP contribution < -0.4 is 5.32 Å². The van der Waals surface area contributed by atoms with E-state index in [9.17, 15) is 13.2 Å².